The van der Waals surface area contributed by atoms with Crippen molar-refractivity contribution in [2.75, 3.05) is 0 Å². The molecule has 0 radical (unpaired) electrons. The Morgan fingerprint density at radius 3 is 2.13 bits per heavy atom. The smallest absolute Gasteiger partial charge is 0.130 e. The molecule has 0 atom stereocenters. The topological polar surface area (TPSA) is 24.7 Å². The number of aliphatic imine (C=N–C) groups is 2. The van der Waals surface area contributed by atoms with Gasteiger partial charge in [-0.1, -0.05) is 47.6 Å². The van der Waals surface area contributed by atoms with Gasteiger partial charge in [0.25, 0.3) is 0 Å². The Morgan fingerprint density at radius 1 is 1.07 bits per heavy atom. The molecule has 0 aromatic carbocycles. The highest BCUT2D eigenvalue weighted by atomic mass is 14.9. The largest absolute Gasteiger partial charge is 0.245 e. The lowest BCUT2D eigenvalue weighted by atomic mass is 9.92. The zero-order valence-corrected chi connectivity index (χ0v) is 10.7. The van der Waals surface area contributed by atoms with Gasteiger partial charge in [0, 0.05) is 23.2 Å². The van der Waals surface area contributed by atoms with Crippen molar-refractivity contribution in [1.82, 2.24) is 0 Å². The van der Waals surface area contributed by atoms with Crippen molar-refractivity contribution in [3.63, 3.8) is 0 Å². The van der Waals surface area contributed by atoms with Crippen LogP contribution in [0, 0.1) is 17.3 Å². The number of allylic oxidation sites excluding steroid dienone is 2. The van der Waals surface area contributed by atoms with Crippen molar-refractivity contribution < 1.29 is 0 Å². The van der Waals surface area contributed by atoms with Gasteiger partial charge >= 0.3 is 0 Å². The number of amidine groups is 1. The fourth-order valence-corrected chi connectivity index (χ4v) is 1.42. The molecule has 1 heterocycles. The third-order valence-electron chi connectivity index (χ3n) is 2.40. The van der Waals surface area contributed by atoms with Crippen molar-refractivity contribution in [3.8, 4) is 0 Å². The van der Waals surface area contributed by atoms with Gasteiger partial charge in [-0.25, -0.2) is 9.98 Å². The predicted octanol–water partition coefficient (Wildman–Crippen LogP) is 3.69. The Bertz CT molecular complexity index is 317. The van der Waals surface area contributed by atoms with E-state index in [0.29, 0.717) is 11.8 Å². The predicted molar refractivity (Wildman–Crippen MR) is 67.5 cm³/mol. The summed E-state index contributed by atoms with van der Waals surface area (Å²) in [5.74, 6) is 1.79. The molecule has 0 saturated carbocycles. The summed E-state index contributed by atoms with van der Waals surface area (Å²) in [6, 6.07) is 0. The molecule has 1 aliphatic heterocycles. The van der Waals surface area contributed by atoms with Gasteiger partial charge in [-0.15, -0.1) is 0 Å². The molecular weight excluding hydrogens is 184 g/mol. The average molecular weight is 206 g/mol. The summed E-state index contributed by atoms with van der Waals surface area (Å²) in [7, 11) is 0. The summed E-state index contributed by atoms with van der Waals surface area (Å²) in [6.45, 7) is 12.9. The van der Waals surface area contributed by atoms with Crippen LogP contribution in [-0.4, -0.2) is 12.1 Å². The molecule has 2 heteroatoms. The Balaban J connectivity index is 3.12. The van der Waals surface area contributed by atoms with Crippen molar-refractivity contribution in [2.45, 2.75) is 41.5 Å². The quantitative estimate of drug-likeness (QED) is 0.658. The van der Waals surface area contributed by atoms with Gasteiger partial charge in [-0.3, -0.25) is 0 Å². The molecule has 0 fully saturated rings. The van der Waals surface area contributed by atoms with E-state index in [0.717, 1.165) is 11.5 Å². The molecule has 0 N–H and O–H groups in total. The number of rotatable bonds is 2. The van der Waals surface area contributed by atoms with Gasteiger partial charge in [-0.2, -0.15) is 0 Å². The minimum Gasteiger partial charge on any atom is -0.245 e. The van der Waals surface area contributed by atoms with Crippen LogP contribution in [-0.2, 0) is 0 Å². The van der Waals surface area contributed by atoms with Gasteiger partial charge in [0.15, 0.2) is 0 Å². The maximum atomic E-state index is 4.65. The highest BCUT2D eigenvalue weighted by molar-refractivity contribution is 5.94. The lowest BCUT2D eigenvalue weighted by molar-refractivity contribution is 0.660. The van der Waals surface area contributed by atoms with Crippen LogP contribution in [0.2, 0.25) is 0 Å². The molecule has 1 aliphatic rings. The third kappa shape index (κ3) is 3.29. The number of hydrogen-bond acceptors (Lipinski definition) is 2. The van der Waals surface area contributed by atoms with E-state index < -0.39 is 0 Å². The monoisotopic (exact) mass is 206 g/mol. The van der Waals surface area contributed by atoms with E-state index in [1.54, 1.807) is 0 Å². The van der Waals surface area contributed by atoms with E-state index in [2.05, 4.69) is 57.6 Å². The van der Waals surface area contributed by atoms with Crippen LogP contribution in [0.25, 0.3) is 0 Å². The number of hydrogen-bond donors (Lipinski definition) is 0. The molecule has 0 aromatic rings. The summed E-state index contributed by atoms with van der Waals surface area (Å²) in [5, 5.41) is 0. The van der Waals surface area contributed by atoms with E-state index in [9.17, 15) is 0 Å². The van der Waals surface area contributed by atoms with E-state index in [1.807, 2.05) is 6.21 Å². The molecule has 0 aromatic heterocycles. The van der Waals surface area contributed by atoms with Crippen molar-refractivity contribution >= 4 is 12.1 Å². The molecule has 0 aliphatic carbocycles. The molecule has 1 rings (SSSR count). The maximum absolute atomic E-state index is 4.65. The molecule has 0 spiro atoms. The molecule has 84 valence electrons. The number of nitrogens with zero attached hydrogens (tertiary/aromatic N) is 2. The van der Waals surface area contributed by atoms with Crippen LogP contribution in [0.3, 0.4) is 0 Å². The summed E-state index contributed by atoms with van der Waals surface area (Å²) < 4.78 is 0. The van der Waals surface area contributed by atoms with E-state index >= 15 is 0 Å². The maximum Gasteiger partial charge on any atom is 0.130 e. The molecule has 0 bridgehead atoms. The Labute approximate surface area is 93.2 Å². The molecule has 0 amide bonds. The second-order valence-electron chi connectivity index (χ2n) is 5.43. The first-order chi connectivity index (χ1) is 6.82. The first-order valence-electron chi connectivity index (χ1n) is 5.68. The van der Waals surface area contributed by atoms with Crippen LogP contribution in [0.15, 0.2) is 21.8 Å². The van der Waals surface area contributed by atoms with E-state index in [4.69, 9.17) is 0 Å². The molecule has 0 unspecified atom stereocenters. The normalized spacial score (nSPS) is 20.3. The van der Waals surface area contributed by atoms with E-state index in [-0.39, 0.29) is 5.41 Å². The highest BCUT2D eigenvalue weighted by Crippen LogP contribution is 2.25. The Kier molecular flexibility index (Phi) is 3.48. The summed E-state index contributed by atoms with van der Waals surface area (Å²) in [5.41, 5.74) is 1.17. The zero-order valence-electron chi connectivity index (χ0n) is 10.7. The van der Waals surface area contributed by atoms with Gasteiger partial charge in [0.2, 0.25) is 0 Å². The lowest BCUT2D eigenvalue weighted by Gasteiger charge is -2.14. The molecule has 0 saturated heterocycles. The second-order valence-corrected chi connectivity index (χ2v) is 5.43. The van der Waals surface area contributed by atoms with Crippen LogP contribution < -0.4 is 0 Å². The van der Waals surface area contributed by atoms with Crippen molar-refractivity contribution in [3.05, 3.63) is 11.8 Å². The van der Waals surface area contributed by atoms with Crippen molar-refractivity contribution in [1.29, 1.82) is 0 Å². The Hall–Kier alpha value is -0.920. The van der Waals surface area contributed by atoms with E-state index in [1.165, 1.54) is 0 Å². The average Bonchev–Trinajstić information content (AvgIpc) is 2.23. The van der Waals surface area contributed by atoms with Crippen LogP contribution in [0.5, 0.6) is 0 Å². The summed E-state index contributed by atoms with van der Waals surface area (Å²) >= 11 is 0. The molecule has 2 nitrogen and oxygen atoms in total. The molecular formula is C13H22N2. The molecule has 15 heavy (non-hydrogen) atoms. The minimum atomic E-state index is 0.0136. The SMILES string of the molecule is CC(C)C1=CC(C)(C)C=NC(C(C)C)=N1. The van der Waals surface area contributed by atoms with Gasteiger partial charge in [-0.05, 0) is 5.92 Å². The standard InChI is InChI=1S/C13H22N2/c1-9(2)11-7-13(5,6)8-14-12(15-11)10(3)4/h7-10H,1-6H3. The van der Waals surface area contributed by atoms with Crippen LogP contribution >= 0.6 is 0 Å². The zero-order chi connectivity index (χ0) is 11.6. The second kappa shape index (κ2) is 4.30. The van der Waals surface area contributed by atoms with Crippen LogP contribution in [0.4, 0.5) is 0 Å². The Morgan fingerprint density at radius 2 is 1.67 bits per heavy atom. The van der Waals surface area contributed by atoms with Gasteiger partial charge < -0.3 is 0 Å². The third-order valence-corrected chi connectivity index (χ3v) is 2.40. The first kappa shape index (κ1) is 12.2. The minimum absolute atomic E-state index is 0.0136. The highest BCUT2D eigenvalue weighted by Gasteiger charge is 2.19. The van der Waals surface area contributed by atoms with Crippen molar-refractivity contribution in [2.24, 2.45) is 27.2 Å². The fourth-order valence-electron chi connectivity index (χ4n) is 1.42. The van der Waals surface area contributed by atoms with Crippen LogP contribution in [0.1, 0.15) is 41.5 Å². The first-order valence-corrected chi connectivity index (χ1v) is 5.68. The van der Waals surface area contributed by atoms with Gasteiger partial charge in [0.05, 0.1) is 0 Å². The summed E-state index contributed by atoms with van der Waals surface area (Å²) in [6.07, 6.45) is 4.22. The summed E-state index contributed by atoms with van der Waals surface area (Å²) in [4.78, 5) is 9.13. The lowest BCUT2D eigenvalue weighted by Crippen LogP contribution is -2.10. The van der Waals surface area contributed by atoms with Gasteiger partial charge in [0.1, 0.15) is 5.84 Å². The fraction of sp³-hybridized carbons (Fsp3) is 0.692.